The molecule has 0 amide bonds. The minimum atomic E-state index is -3.46. The SMILES string of the molecule is CCC1CCN(S(=O)(=O)c2cc(C)c(Cl)c(N)c2)CC1. The summed E-state index contributed by atoms with van der Waals surface area (Å²) < 4.78 is 26.8. The lowest BCUT2D eigenvalue weighted by Gasteiger charge is -2.30. The van der Waals surface area contributed by atoms with E-state index in [1.165, 1.54) is 6.07 Å². The van der Waals surface area contributed by atoms with Gasteiger partial charge in [-0.1, -0.05) is 24.9 Å². The zero-order valence-corrected chi connectivity index (χ0v) is 13.5. The molecule has 0 atom stereocenters. The normalized spacial score (nSPS) is 18.4. The standard InChI is InChI=1S/C14H21ClN2O2S/c1-3-11-4-6-17(7-5-11)20(18,19)12-8-10(2)14(15)13(16)9-12/h8-9,11H,3-7,16H2,1-2H3. The monoisotopic (exact) mass is 316 g/mol. The van der Waals surface area contributed by atoms with Crippen LogP contribution < -0.4 is 5.73 Å². The predicted octanol–water partition coefficient (Wildman–Crippen LogP) is 3.04. The molecule has 0 saturated carbocycles. The molecule has 2 N–H and O–H groups in total. The molecule has 6 heteroatoms. The lowest BCUT2D eigenvalue weighted by atomic mass is 9.96. The average Bonchev–Trinajstić information content (AvgIpc) is 2.44. The van der Waals surface area contributed by atoms with Crippen LogP contribution in [0.25, 0.3) is 0 Å². The first-order valence-corrected chi connectivity index (χ1v) is 8.73. The summed E-state index contributed by atoms with van der Waals surface area (Å²) in [5.41, 5.74) is 6.78. The number of anilines is 1. The van der Waals surface area contributed by atoms with Crippen molar-refractivity contribution in [3.8, 4) is 0 Å². The van der Waals surface area contributed by atoms with Gasteiger partial charge in [0.2, 0.25) is 10.0 Å². The van der Waals surface area contributed by atoms with Crippen LogP contribution in [0, 0.1) is 12.8 Å². The van der Waals surface area contributed by atoms with E-state index in [1.807, 2.05) is 0 Å². The number of nitrogens with zero attached hydrogens (tertiary/aromatic N) is 1. The molecule has 2 rings (SSSR count). The summed E-state index contributed by atoms with van der Waals surface area (Å²) in [6, 6.07) is 3.05. The van der Waals surface area contributed by atoms with Gasteiger partial charge in [-0.2, -0.15) is 4.31 Å². The average molecular weight is 317 g/mol. The number of aryl methyl sites for hydroxylation is 1. The number of hydrogen-bond donors (Lipinski definition) is 1. The smallest absolute Gasteiger partial charge is 0.243 e. The van der Waals surface area contributed by atoms with Gasteiger partial charge in [-0.05, 0) is 43.4 Å². The Balaban J connectivity index is 2.27. The summed E-state index contributed by atoms with van der Waals surface area (Å²) in [5, 5.41) is 0.425. The molecule has 1 aromatic rings. The summed E-state index contributed by atoms with van der Waals surface area (Å²) in [4.78, 5) is 0.242. The summed E-state index contributed by atoms with van der Waals surface area (Å²) in [6.45, 7) is 5.09. The van der Waals surface area contributed by atoms with Gasteiger partial charge in [0.15, 0.2) is 0 Å². The Morgan fingerprint density at radius 2 is 1.95 bits per heavy atom. The molecule has 0 aromatic heterocycles. The minimum absolute atomic E-state index is 0.242. The van der Waals surface area contributed by atoms with Crippen LogP contribution in [0.2, 0.25) is 5.02 Å². The van der Waals surface area contributed by atoms with Crippen molar-refractivity contribution in [3.63, 3.8) is 0 Å². The van der Waals surface area contributed by atoms with Crippen LogP contribution in [0.3, 0.4) is 0 Å². The fourth-order valence-corrected chi connectivity index (χ4v) is 4.32. The second kappa shape index (κ2) is 5.92. The third-order valence-electron chi connectivity index (χ3n) is 4.04. The van der Waals surface area contributed by atoms with E-state index in [-0.39, 0.29) is 4.90 Å². The molecule has 112 valence electrons. The second-order valence-corrected chi connectivity index (χ2v) is 7.71. The highest BCUT2D eigenvalue weighted by Gasteiger charge is 2.29. The van der Waals surface area contributed by atoms with Gasteiger partial charge in [-0.25, -0.2) is 8.42 Å². The number of piperidine rings is 1. The van der Waals surface area contributed by atoms with Gasteiger partial charge in [0, 0.05) is 13.1 Å². The molecule has 1 fully saturated rings. The molecule has 1 saturated heterocycles. The fraction of sp³-hybridized carbons (Fsp3) is 0.571. The molecule has 1 aromatic carbocycles. The number of sulfonamides is 1. The van der Waals surface area contributed by atoms with Crippen molar-refractivity contribution in [2.45, 2.75) is 38.0 Å². The molecule has 1 aliphatic heterocycles. The first kappa shape index (κ1) is 15.6. The highest BCUT2D eigenvalue weighted by molar-refractivity contribution is 7.89. The van der Waals surface area contributed by atoms with E-state index in [0.29, 0.717) is 35.3 Å². The number of hydrogen-bond acceptors (Lipinski definition) is 3. The maximum absolute atomic E-state index is 12.6. The van der Waals surface area contributed by atoms with Gasteiger partial charge >= 0.3 is 0 Å². The third kappa shape index (κ3) is 2.95. The molecular formula is C14H21ClN2O2S. The van der Waals surface area contributed by atoms with Gasteiger partial charge in [0.05, 0.1) is 15.6 Å². The van der Waals surface area contributed by atoms with Gasteiger partial charge < -0.3 is 5.73 Å². The first-order chi connectivity index (χ1) is 9.36. The number of nitrogens with two attached hydrogens (primary N) is 1. The van der Waals surface area contributed by atoms with Crippen LogP contribution in [-0.2, 0) is 10.0 Å². The molecule has 0 aliphatic carbocycles. The highest BCUT2D eigenvalue weighted by Crippen LogP contribution is 2.30. The maximum atomic E-state index is 12.6. The molecule has 0 unspecified atom stereocenters. The molecule has 20 heavy (non-hydrogen) atoms. The summed E-state index contributed by atoms with van der Waals surface area (Å²) in [7, 11) is -3.46. The molecule has 1 heterocycles. The minimum Gasteiger partial charge on any atom is -0.397 e. The number of benzene rings is 1. The Bertz CT molecular complexity index is 570. The van der Waals surface area contributed by atoms with Gasteiger partial charge in [-0.3, -0.25) is 0 Å². The molecule has 0 bridgehead atoms. The van der Waals surface area contributed by atoms with Crippen molar-refractivity contribution < 1.29 is 8.42 Å². The second-order valence-electron chi connectivity index (χ2n) is 5.40. The van der Waals surface area contributed by atoms with E-state index in [9.17, 15) is 8.42 Å². The van der Waals surface area contributed by atoms with E-state index in [1.54, 1.807) is 17.3 Å². The third-order valence-corrected chi connectivity index (χ3v) is 6.44. The van der Waals surface area contributed by atoms with Crippen molar-refractivity contribution in [1.82, 2.24) is 4.31 Å². The summed E-state index contributed by atoms with van der Waals surface area (Å²) in [6.07, 6.45) is 2.97. The zero-order valence-electron chi connectivity index (χ0n) is 11.9. The Hall–Kier alpha value is -0.780. The summed E-state index contributed by atoms with van der Waals surface area (Å²) >= 11 is 5.99. The number of halogens is 1. The number of nitrogen functional groups attached to an aromatic ring is 1. The van der Waals surface area contributed by atoms with E-state index in [4.69, 9.17) is 17.3 Å². The lowest BCUT2D eigenvalue weighted by Crippen LogP contribution is -2.38. The predicted molar refractivity (Wildman–Crippen MR) is 82.4 cm³/mol. The van der Waals surface area contributed by atoms with Gasteiger partial charge in [0.1, 0.15) is 0 Å². The first-order valence-electron chi connectivity index (χ1n) is 6.92. The molecule has 4 nitrogen and oxygen atoms in total. The van der Waals surface area contributed by atoms with Crippen molar-refractivity contribution in [3.05, 3.63) is 22.7 Å². The van der Waals surface area contributed by atoms with Gasteiger partial charge in [0.25, 0.3) is 0 Å². The van der Waals surface area contributed by atoms with Crippen molar-refractivity contribution in [1.29, 1.82) is 0 Å². The Morgan fingerprint density at radius 1 is 1.35 bits per heavy atom. The van der Waals surface area contributed by atoms with Crippen LogP contribution >= 0.6 is 11.6 Å². The molecule has 0 spiro atoms. The van der Waals surface area contributed by atoms with E-state index in [0.717, 1.165) is 19.3 Å². The zero-order chi connectivity index (χ0) is 14.9. The molecule has 1 aliphatic rings. The van der Waals surface area contributed by atoms with Crippen molar-refractivity contribution in [2.75, 3.05) is 18.8 Å². The quantitative estimate of drug-likeness (QED) is 0.872. The van der Waals surface area contributed by atoms with Crippen LogP contribution in [0.5, 0.6) is 0 Å². The maximum Gasteiger partial charge on any atom is 0.243 e. The fourth-order valence-electron chi connectivity index (χ4n) is 2.62. The Labute approximate surface area is 126 Å². The van der Waals surface area contributed by atoms with E-state index < -0.39 is 10.0 Å². The lowest BCUT2D eigenvalue weighted by molar-refractivity contribution is 0.269. The van der Waals surface area contributed by atoms with Gasteiger partial charge in [-0.15, -0.1) is 0 Å². The molecular weight excluding hydrogens is 296 g/mol. The van der Waals surface area contributed by atoms with Crippen LogP contribution in [0.4, 0.5) is 5.69 Å². The van der Waals surface area contributed by atoms with Crippen LogP contribution in [0.15, 0.2) is 17.0 Å². The summed E-state index contributed by atoms with van der Waals surface area (Å²) in [5.74, 6) is 0.637. The van der Waals surface area contributed by atoms with Crippen LogP contribution in [-0.4, -0.2) is 25.8 Å². The highest BCUT2D eigenvalue weighted by atomic mass is 35.5. The van der Waals surface area contributed by atoms with Crippen molar-refractivity contribution in [2.24, 2.45) is 5.92 Å². The van der Waals surface area contributed by atoms with Crippen LogP contribution in [0.1, 0.15) is 31.7 Å². The largest absolute Gasteiger partial charge is 0.397 e. The van der Waals surface area contributed by atoms with E-state index >= 15 is 0 Å². The number of rotatable bonds is 3. The van der Waals surface area contributed by atoms with E-state index in [2.05, 4.69) is 6.92 Å². The van der Waals surface area contributed by atoms with Crippen molar-refractivity contribution >= 4 is 27.3 Å². The topological polar surface area (TPSA) is 63.4 Å². The Kier molecular flexibility index (Phi) is 4.62. The molecule has 0 radical (unpaired) electrons. The Morgan fingerprint density at radius 3 is 2.45 bits per heavy atom.